The molecule has 3 rings (SSSR count). The number of hydrogen-bond acceptors (Lipinski definition) is 0. The van der Waals surface area contributed by atoms with Gasteiger partial charge in [0.1, 0.15) is 0 Å². The van der Waals surface area contributed by atoms with Crippen LogP contribution in [-0.4, -0.2) is 0 Å². The van der Waals surface area contributed by atoms with Gasteiger partial charge in [0.15, 0.2) is 0 Å². The van der Waals surface area contributed by atoms with E-state index in [1.165, 1.54) is 27.1 Å². The molecule has 0 spiro atoms. The fourth-order valence-electron chi connectivity index (χ4n) is 2.53. The highest BCUT2D eigenvalue weighted by Crippen LogP contribution is 2.32. The van der Waals surface area contributed by atoms with Crippen LogP contribution in [0, 0.1) is 0 Å². The number of rotatable bonds is 1. The molecule has 0 fully saturated rings. The first-order chi connectivity index (χ1) is 8.72. The first-order valence-corrected chi connectivity index (χ1v) is 6.77. The molecule has 0 aliphatic heterocycles. The van der Waals surface area contributed by atoms with Crippen LogP contribution in [0.3, 0.4) is 0 Å². The van der Waals surface area contributed by atoms with Crippen LogP contribution in [0.4, 0.5) is 0 Å². The molecular weight excluding hydrogens is 284 g/mol. The molecule has 0 N–H and O–H groups in total. The Balaban J connectivity index is 2.66. The highest BCUT2D eigenvalue weighted by molar-refractivity contribution is 9.10. The van der Waals surface area contributed by atoms with Crippen molar-refractivity contribution in [3.63, 3.8) is 0 Å². The predicted molar refractivity (Wildman–Crippen MR) is 84.6 cm³/mol. The van der Waals surface area contributed by atoms with Crippen molar-refractivity contribution < 1.29 is 0 Å². The third-order valence-corrected chi connectivity index (χ3v) is 4.02. The van der Waals surface area contributed by atoms with Gasteiger partial charge in [0.2, 0.25) is 0 Å². The number of hydrogen-bond donors (Lipinski definition) is 0. The molecule has 88 valence electrons. The van der Waals surface area contributed by atoms with Crippen molar-refractivity contribution in [2.75, 3.05) is 0 Å². The lowest BCUT2D eigenvalue weighted by Gasteiger charge is -2.10. The van der Waals surface area contributed by atoms with Crippen molar-refractivity contribution in [3.05, 3.63) is 57.7 Å². The summed E-state index contributed by atoms with van der Waals surface area (Å²) >= 11 is 3.63. The monoisotopic (exact) mass is 296 g/mol. The number of halogens is 1. The Morgan fingerprint density at radius 1 is 1.00 bits per heavy atom. The molecule has 0 amide bonds. The first-order valence-electron chi connectivity index (χ1n) is 5.97. The van der Waals surface area contributed by atoms with E-state index in [1.807, 2.05) is 6.92 Å². The molecule has 18 heavy (non-hydrogen) atoms. The fourth-order valence-corrected chi connectivity index (χ4v) is 2.99. The zero-order valence-corrected chi connectivity index (χ0v) is 11.8. The van der Waals surface area contributed by atoms with Crippen molar-refractivity contribution in [2.45, 2.75) is 6.92 Å². The third-order valence-electron chi connectivity index (χ3n) is 3.32. The van der Waals surface area contributed by atoms with Gasteiger partial charge >= 0.3 is 0 Å². The molecule has 0 saturated heterocycles. The second-order valence-corrected chi connectivity index (χ2v) is 5.30. The summed E-state index contributed by atoms with van der Waals surface area (Å²) < 4.78 is 1.14. The van der Waals surface area contributed by atoms with Crippen molar-refractivity contribution in [1.29, 1.82) is 0 Å². The summed E-state index contributed by atoms with van der Waals surface area (Å²) in [4.78, 5) is 0. The van der Waals surface area contributed by atoms with Crippen molar-refractivity contribution >= 4 is 50.1 Å². The maximum atomic E-state index is 4.17. The lowest BCUT2D eigenvalue weighted by Crippen LogP contribution is -2.01. The molecule has 0 saturated carbocycles. The largest absolute Gasteiger partial charge is 0.0911 e. The van der Waals surface area contributed by atoms with Gasteiger partial charge in [0, 0.05) is 4.47 Å². The molecule has 3 aromatic carbocycles. The lowest BCUT2D eigenvalue weighted by atomic mass is 9.95. The molecule has 0 aromatic heterocycles. The Morgan fingerprint density at radius 3 is 2.56 bits per heavy atom. The van der Waals surface area contributed by atoms with E-state index in [0.717, 1.165) is 9.69 Å². The Kier molecular flexibility index (Phi) is 2.71. The highest BCUT2D eigenvalue weighted by Gasteiger charge is 2.08. The van der Waals surface area contributed by atoms with E-state index in [1.54, 1.807) is 0 Å². The maximum Gasteiger partial charge on any atom is 0.0254 e. The topological polar surface area (TPSA) is 0 Å². The molecule has 0 bridgehead atoms. The minimum absolute atomic E-state index is 1.08. The summed E-state index contributed by atoms with van der Waals surface area (Å²) in [5.41, 5.74) is 1.23. The molecule has 0 unspecified atom stereocenters. The van der Waals surface area contributed by atoms with E-state index in [2.05, 4.69) is 71.1 Å². The first kappa shape index (κ1) is 11.5. The molecule has 0 atom stereocenters. The SMILES string of the molecule is C=c1ccc2ccc(Br)c3ccc(/C=C\C)c1c23. The van der Waals surface area contributed by atoms with E-state index in [9.17, 15) is 0 Å². The van der Waals surface area contributed by atoms with E-state index in [0.29, 0.717) is 0 Å². The smallest absolute Gasteiger partial charge is 0.0254 e. The summed E-state index contributed by atoms with van der Waals surface area (Å²) in [5.74, 6) is 0. The van der Waals surface area contributed by atoms with Crippen LogP contribution in [0.1, 0.15) is 12.5 Å². The van der Waals surface area contributed by atoms with Crippen LogP contribution < -0.4 is 5.22 Å². The van der Waals surface area contributed by atoms with E-state index >= 15 is 0 Å². The molecule has 0 aliphatic rings. The van der Waals surface area contributed by atoms with Gasteiger partial charge in [-0.15, -0.1) is 0 Å². The van der Waals surface area contributed by atoms with E-state index in [4.69, 9.17) is 0 Å². The Labute approximate surface area is 115 Å². The zero-order valence-electron chi connectivity index (χ0n) is 10.2. The fraction of sp³-hybridized carbons (Fsp3) is 0.0588. The van der Waals surface area contributed by atoms with Crippen molar-refractivity contribution in [1.82, 2.24) is 0 Å². The predicted octanol–water partition coefficient (Wildman–Crippen LogP) is 4.92. The minimum atomic E-state index is 1.08. The summed E-state index contributed by atoms with van der Waals surface area (Å²) in [7, 11) is 0. The van der Waals surface area contributed by atoms with Gasteiger partial charge in [-0.05, 0) is 45.3 Å². The molecule has 0 aliphatic carbocycles. The average molecular weight is 297 g/mol. The summed E-state index contributed by atoms with van der Waals surface area (Å²) in [6.07, 6.45) is 4.21. The standard InChI is InChI=1S/C17H13Br/c1-3-4-12-7-9-14-15(18)10-8-13-6-5-11(2)16(12)17(13)14/h3-10H,2H2,1H3/b4-3-. The van der Waals surface area contributed by atoms with Crippen LogP contribution in [0.2, 0.25) is 0 Å². The Hall–Kier alpha value is -1.60. The third kappa shape index (κ3) is 1.58. The van der Waals surface area contributed by atoms with Crippen molar-refractivity contribution in [3.8, 4) is 0 Å². The van der Waals surface area contributed by atoms with Crippen LogP contribution >= 0.6 is 15.9 Å². The van der Waals surface area contributed by atoms with E-state index in [-0.39, 0.29) is 0 Å². The summed E-state index contributed by atoms with van der Waals surface area (Å²) in [6, 6.07) is 12.8. The summed E-state index contributed by atoms with van der Waals surface area (Å²) in [5, 5.41) is 6.15. The molecule has 0 radical (unpaired) electrons. The van der Waals surface area contributed by atoms with Crippen LogP contribution in [0.5, 0.6) is 0 Å². The zero-order chi connectivity index (χ0) is 12.7. The molecule has 0 heterocycles. The second kappa shape index (κ2) is 4.25. The molecule has 0 nitrogen and oxygen atoms in total. The second-order valence-electron chi connectivity index (χ2n) is 4.45. The molecular formula is C17H13Br. The van der Waals surface area contributed by atoms with Gasteiger partial charge in [-0.2, -0.15) is 0 Å². The van der Waals surface area contributed by atoms with Crippen LogP contribution in [-0.2, 0) is 0 Å². The van der Waals surface area contributed by atoms with Crippen LogP contribution in [0.15, 0.2) is 46.9 Å². The Bertz CT molecular complexity index is 813. The molecule has 1 heteroatoms. The lowest BCUT2D eigenvalue weighted by molar-refractivity contribution is 1.66. The number of allylic oxidation sites excluding steroid dienone is 1. The van der Waals surface area contributed by atoms with E-state index < -0.39 is 0 Å². The van der Waals surface area contributed by atoms with Gasteiger partial charge in [-0.3, -0.25) is 0 Å². The Morgan fingerprint density at radius 2 is 1.78 bits per heavy atom. The van der Waals surface area contributed by atoms with Gasteiger partial charge in [-0.1, -0.05) is 65.0 Å². The quantitative estimate of drug-likeness (QED) is 0.598. The number of benzene rings is 3. The highest BCUT2D eigenvalue weighted by atomic mass is 79.9. The average Bonchev–Trinajstić information content (AvgIpc) is 2.37. The van der Waals surface area contributed by atoms with Crippen molar-refractivity contribution in [2.24, 2.45) is 0 Å². The van der Waals surface area contributed by atoms with Gasteiger partial charge in [0.25, 0.3) is 0 Å². The van der Waals surface area contributed by atoms with Crippen LogP contribution in [0.25, 0.3) is 34.2 Å². The van der Waals surface area contributed by atoms with Gasteiger partial charge in [0.05, 0.1) is 0 Å². The van der Waals surface area contributed by atoms with Gasteiger partial charge < -0.3 is 0 Å². The van der Waals surface area contributed by atoms with Gasteiger partial charge in [-0.25, -0.2) is 0 Å². The molecule has 3 aromatic rings. The normalized spacial score (nSPS) is 11.9. The maximum absolute atomic E-state index is 4.17. The minimum Gasteiger partial charge on any atom is -0.0911 e. The summed E-state index contributed by atoms with van der Waals surface area (Å²) in [6.45, 7) is 6.22.